The summed E-state index contributed by atoms with van der Waals surface area (Å²) >= 11 is 2.28. The van der Waals surface area contributed by atoms with Crippen LogP contribution in [0.25, 0.3) is 16.8 Å². The average molecular weight is 456 g/mol. The van der Waals surface area contributed by atoms with Gasteiger partial charge in [0.25, 0.3) is 5.97 Å². The van der Waals surface area contributed by atoms with E-state index in [2.05, 4.69) is 34.6 Å². The van der Waals surface area contributed by atoms with E-state index in [0.29, 0.717) is 16.7 Å². The Morgan fingerprint density at radius 1 is 1.16 bits per heavy atom. The van der Waals surface area contributed by atoms with Crippen LogP contribution < -0.4 is 12.9 Å². The molecule has 32 heavy (non-hydrogen) atoms. The molecule has 1 amide bonds. The van der Waals surface area contributed by atoms with E-state index in [1.165, 1.54) is 14.6 Å². The van der Waals surface area contributed by atoms with Crippen molar-refractivity contribution in [3.8, 4) is 5.75 Å². The predicted molar refractivity (Wildman–Crippen MR) is 132 cm³/mol. The fourth-order valence-corrected chi connectivity index (χ4v) is 4.36. The SMILES string of the molecule is CC(=O)O.CCOc1cc2ccccc2cc1C=C1SC(Nc2cccc[c]2[Na])=NC1=O. The van der Waals surface area contributed by atoms with Gasteiger partial charge in [-0.2, -0.15) is 0 Å². The van der Waals surface area contributed by atoms with Crippen LogP contribution in [0.5, 0.6) is 5.75 Å². The maximum atomic E-state index is 12.4. The van der Waals surface area contributed by atoms with Crippen LogP contribution in [0.4, 0.5) is 5.69 Å². The number of aliphatic carboxylic acids is 1. The summed E-state index contributed by atoms with van der Waals surface area (Å²) in [6.45, 7) is 3.61. The Hall–Kier alpha value is -2.58. The number of carbonyl (C=O) groups excluding carboxylic acids is 1. The monoisotopic (exact) mass is 456 g/mol. The second-order valence-corrected chi connectivity index (χ2v) is 9.07. The Kier molecular flexibility index (Phi) is 8.53. The van der Waals surface area contributed by atoms with E-state index in [9.17, 15) is 4.79 Å². The number of benzene rings is 3. The van der Waals surface area contributed by atoms with Gasteiger partial charge >= 0.3 is 180 Å². The zero-order valence-corrected chi connectivity index (χ0v) is 20.9. The summed E-state index contributed by atoms with van der Waals surface area (Å²) in [5.74, 6) is -0.289. The molecule has 2 N–H and O–H groups in total. The topological polar surface area (TPSA) is 88.0 Å². The molecule has 0 unspecified atom stereocenters. The number of hydrogen-bond acceptors (Lipinski definition) is 5. The van der Waals surface area contributed by atoms with Crippen molar-refractivity contribution >= 4 is 82.1 Å². The van der Waals surface area contributed by atoms with Gasteiger partial charge in [0.05, 0.1) is 0 Å². The molecule has 0 bridgehead atoms. The standard InChI is InChI=1S/C22H17N2O2S.C2H4O2.Na/c1-2-26-19-13-16-9-7-6-8-15(16)12-17(19)14-20-21(25)24-22(27-20)23-18-10-4-3-5-11-18;1-2(3)4;/h3-10,12-14H,2H2,1H3,(H,23,24,25);1H3,(H,3,4);. The van der Waals surface area contributed by atoms with Crippen molar-refractivity contribution < 1.29 is 19.4 Å². The number of ether oxygens (including phenoxy) is 1. The number of hydrogen-bond donors (Lipinski definition) is 2. The van der Waals surface area contributed by atoms with E-state index in [-0.39, 0.29) is 5.91 Å². The van der Waals surface area contributed by atoms with Crippen molar-refractivity contribution in [1.82, 2.24) is 0 Å². The zero-order chi connectivity index (χ0) is 23.1. The van der Waals surface area contributed by atoms with Gasteiger partial charge in [0.15, 0.2) is 0 Å². The van der Waals surface area contributed by atoms with Crippen molar-refractivity contribution in [2.24, 2.45) is 4.99 Å². The second kappa shape index (κ2) is 11.3. The third-order valence-corrected chi connectivity index (χ3v) is 6.24. The number of carbonyl (C=O) groups is 2. The van der Waals surface area contributed by atoms with E-state index in [1.54, 1.807) is 0 Å². The number of carboxylic acids is 1. The van der Waals surface area contributed by atoms with Gasteiger partial charge in [-0.05, 0) is 0 Å². The Morgan fingerprint density at radius 2 is 1.78 bits per heavy atom. The minimum atomic E-state index is -0.833. The number of aliphatic imine (C=N–C) groups is 1. The van der Waals surface area contributed by atoms with Crippen molar-refractivity contribution in [1.29, 1.82) is 0 Å². The Bertz CT molecular complexity index is 1220. The van der Waals surface area contributed by atoms with E-state index in [1.807, 2.05) is 49.4 Å². The first kappa shape index (κ1) is 24.1. The molecule has 0 saturated heterocycles. The first-order valence-corrected chi connectivity index (χ1v) is 11.9. The molecule has 4 rings (SSSR count). The number of rotatable bonds is 4. The predicted octanol–water partition coefficient (Wildman–Crippen LogP) is 4.21. The molecule has 3 aromatic rings. The molecule has 3 aromatic carbocycles. The van der Waals surface area contributed by atoms with E-state index in [0.717, 1.165) is 62.6 Å². The van der Waals surface area contributed by atoms with Crippen LogP contribution in [0.3, 0.4) is 0 Å². The fraction of sp³-hybridized carbons (Fsp3) is 0.125. The molecule has 0 atom stereocenters. The van der Waals surface area contributed by atoms with Crippen LogP contribution in [0.1, 0.15) is 19.4 Å². The van der Waals surface area contributed by atoms with Gasteiger partial charge in [-0.25, -0.2) is 0 Å². The zero-order valence-electron chi connectivity index (χ0n) is 18.1. The molecule has 1 aliphatic rings. The molecule has 0 fully saturated rings. The Morgan fingerprint density at radius 3 is 2.44 bits per heavy atom. The molecule has 0 aromatic heterocycles. The van der Waals surface area contributed by atoms with Gasteiger partial charge in [-0.1, -0.05) is 6.07 Å². The van der Waals surface area contributed by atoms with E-state index < -0.39 is 5.97 Å². The van der Waals surface area contributed by atoms with Crippen LogP contribution in [-0.2, 0) is 9.59 Å². The Labute approximate surface area is 208 Å². The molecule has 158 valence electrons. The van der Waals surface area contributed by atoms with Crippen LogP contribution >= 0.6 is 11.8 Å². The third-order valence-electron chi connectivity index (χ3n) is 4.47. The van der Waals surface area contributed by atoms with Crippen molar-refractivity contribution in [2.75, 3.05) is 11.9 Å². The number of thioether (sulfide) groups is 1. The van der Waals surface area contributed by atoms with Gasteiger partial charge in [0.2, 0.25) is 0 Å². The number of para-hydroxylation sites is 1. The molecule has 1 heterocycles. The second-order valence-electron chi connectivity index (χ2n) is 6.96. The maximum absolute atomic E-state index is 12.4. The number of amides is 1. The summed E-state index contributed by atoms with van der Waals surface area (Å²) in [6.07, 6.45) is 1.87. The third kappa shape index (κ3) is 6.46. The summed E-state index contributed by atoms with van der Waals surface area (Å²) in [4.78, 5) is 26.2. The van der Waals surface area contributed by atoms with Gasteiger partial charge in [0.1, 0.15) is 0 Å². The molecule has 0 radical (unpaired) electrons. The van der Waals surface area contributed by atoms with Crippen LogP contribution in [-0.4, -0.2) is 56.7 Å². The number of fused-ring (bicyclic) bond motifs is 1. The van der Waals surface area contributed by atoms with Gasteiger partial charge in [0, 0.05) is 6.92 Å². The average Bonchev–Trinajstić information content (AvgIpc) is 3.08. The molecule has 0 aliphatic carbocycles. The van der Waals surface area contributed by atoms with Crippen LogP contribution in [0.2, 0.25) is 0 Å². The summed E-state index contributed by atoms with van der Waals surface area (Å²) in [7, 11) is 0. The molecule has 0 saturated carbocycles. The number of amidine groups is 1. The van der Waals surface area contributed by atoms with Gasteiger partial charge in [-0.15, -0.1) is 0 Å². The summed E-state index contributed by atoms with van der Waals surface area (Å²) in [5.41, 5.74) is 1.89. The first-order chi connectivity index (χ1) is 15.4. The molecule has 6 nitrogen and oxygen atoms in total. The van der Waals surface area contributed by atoms with Crippen molar-refractivity contribution in [2.45, 2.75) is 13.8 Å². The summed E-state index contributed by atoms with van der Waals surface area (Å²) in [6, 6.07) is 20.3. The van der Waals surface area contributed by atoms with E-state index in [4.69, 9.17) is 14.6 Å². The molecule has 1 aliphatic heterocycles. The van der Waals surface area contributed by atoms with Crippen molar-refractivity contribution in [3.63, 3.8) is 0 Å². The van der Waals surface area contributed by atoms with Gasteiger partial charge in [-0.3, -0.25) is 4.79 Å². The normalized spacial score (nSPS) is 14.1. The van der Waals surface area contributed by atoms with Crippen LogP contribution in [0.15, 0.2) is 70.6 Å². The van der Waals surface area contributed by atoms with E-state index >= 15 is 0 Å². The molecule has 8 heteroatoms. The Balaban J connectivity index is 0.000000668. The molecular weight excluding hydrogens is 435 g/mol. The number of carboxylic acid groups (broad SMARTS) is 1. The number of anilines is 1. The van der Waals surface area contributed by atoms with Gasteiger partial charge < -0.3 is 5.11 Å². The molecule has 0 spiro atoms. The van der Waals surface area contributed by atoms with Crippen LogP contribution in [0, 0.1) is 0 Å². The first-order valence-electron chi connectivity index (χ1n) is 10.1. The number of nitrogens with zero attached hydrogens (tertiary/aromatic N) is 1. The summed E-state index contributed by atoms with van der Waals surface area (Å²) in [5, 5.41) is 13.5. The number of nitrogens with one attached hydrogen (secondary N) is 1. The summed E-state index contributed by atoms with van der Waals surface area (Å²) < 4.78 is 7.05. The fourth-order valence-electron chi connectivity index (χ4n) is 3.06. The van der Waals surface area contributed by atoms with Crippen molar-refractivity contribution in [3.05, 3.63) is 71.1 Å². The molecular formula is C24H21N2NaO4S. The minimum absolute atomic E-state index is 0.228. The quantitative estimate of drug-likeness (QED) is 0.452.